The number of anilines is 2. The molecule has 0 heterocycles. The van der Waals surface area contributed by atoms with Crippen LogP contribution in [0.5, 0.6) is 0 Å². The molecule has 0 saturated carbocycles. The molecule has 150 valence electrons. The number of nitrogens with one attached hydrogen (secondary N) is 2. The van der Waals surface area contributed by atoms with E-state index in [-0.39, 0.29) is 23.9 Å². The first kappa shape index (κ1) is 24.6. The Labute approximate surface area is 161 Å². The zero-order chi connectivity index (χ0) is 19.0. The monoisotopic (exact) mass is 408 g/mol. The van der Waals surface area contributed by atoms with Crippen LogP contribution >= 0.6 is 12.4 Å². The first-order valence-corrected chi connectivity index (χ1v) is 9.69. The lowest BCUT2D eigenvalue weighted by Crippen LogP contribution is -2.39. The number of methoxy groups -OCH3 is 1. The van der Waals surface area contributed by atoms with Crippen LogP contribution in [-0.2, 0) is 19.6 Å². The van der Waals surface area contributed by atoms with Crippen LogP contribution < -0.4 is 16.4 Å². The molecule has 1 amide bonds. The lowest BCUT2D eigenvalue weighted by atomic mass is 10.2. The normalized spacial score (nSPS) is 12.4. The molecule has 1 rings (SSSR count). The fourth-order valence-corrected chi connectivity index (χ4v) is 3.81. The summed E-state index contributed by atoms with van der Waals surface area (Å²) in [6.07, 6.45) is 0. The fourth-order valence-electron chi connectivity index (χ4n) is 2.33. The van der Waals surface area contributed by atoms with Crippen LogP contribution in [0.1, 0.15) is 20.8 Å². The third-order valence-corrected chi connectivity index (χ3v) is 5.69. The second-order valence-corrected chi connectivity index (χ2v) is 7.32. The average Bonchev–Trinajstić information content (AvgIpc) is 2.57. The molecule has 0 saturated heterocycles. The molecule has 1 aromatic rings. The van der Waals surface area contributed by atoms with E-state index in [9.17, 15) is 13.2 Å². The van der Waals surface area contributed by atoms with Crippen LogP contribution in [0.2, 0.25) is 0 Å². The van der Waals surface area contributed by atoms with Gasteiger partial charge < -0.3 is 21.1 Å². The summed E-state index contributed by atoms with van der Waals surface area (Å²) in [5.41, 5.74) is 6.72. The van der Waals surface area contributed by atoms with Crippen LogP contribution in [0.25, 0.3) is 0 Å². The van der Waals surface area contributed by atoms with E-state index in [2.05, 4.69) is 10.6 Å². The van der Waals surface area contributed by atoms with E-state index in [0.29, 0.717) is 31.0 Å². The predicted octanol–water partition coefficient (Wildman–Crippen LogP) is 1.48. The molecule has 0 aromatic heterocycles. The van der Waals surface area contributed by atoms with Gasteiger partial charge in [0.25, 0.3) is 0 Å². The SMILES string of the molecule is CCNc1ccc(S(=O)(=O)N(CC)CC)cc1NC(=O)C(N)COC.Cl. The van der Waals surface area contributed by atoms with Gasteiger partial charge in [0, 0.05) is 26.7 Å². The molecule has 1 aromatic carbocycles. The highest BCUT2D eigenvalue weighted by atomic mass is 35.5. The summed E-state index contributed by atoms with van der Waals surface area (Å²) in [7, 11) is -2.17. The summed E-state index contributed by atoms with van der Waals surface area (Å²) in [6, 6.07) is 3.76. The maximum absolute atomic E-state index is 12.7. The maximum Gasteiger partial charge on any atom is 0.243 e. The highest BCUT2D eigenvalue weighted by Crippen LogP contribution is 2.27. The smallest absolute Gasteiger partial charge is 0.243 e. The third kappa shape index (κ3) is 6.10. The van der Waals surface area contributed by atoms with Crippen molar-refractivity contribution in [1.29, 1.82) is 0 Å². The van der Waals surface area contributed by atoms with Crippen LogP contribution in [-0.4, -0.2) is 58.0 Å². The van der Waals surface area contributed by atoms with Crippen molar-refractivity contribution >= 4 is 39.7 Å². The number of nitrogens with two attached hydrogens (primary N) is 1. The Balaban J connectivity index is 0.00000625. The topological polar surface area (TPSA) is 114 Å². The zero-order valence-electron chi connectivity index (χ0n) is 15.6. The van der Waals surface area contributed by atoms with Gasteiger partial charge in [0.2, 0.25) is 15.9 Å². The fraction of sp³-hybridized carbons (Fsp3) is 0.562. The van der Waals surface area contributed by atoms with E-state index in [1.165, 1.54) is 23.5 Å². The average molecular weight is 409 g/mol. The number of carbonyl (C=O) groups is 1. The number of nitrogens with zero attached hydrogens (tertiary/aromatic N) is 1. The van der Waals surface area contributed by atoms with Crippen molar-refractivity contribution in [3.8, 4) is 0 Å². The molecular formula is C16H29ClN4O4S. The van der Waals surface area contributed by atoms with Gasteiger partial charge in [0.15, 0.2) is 0 Å². The number of carbonyl (C=O) groups excluding carboxylic acids is 1. The van der Waals surface area contributed by atoms with Gasteiger partial charge in [-0.25, -0.2) is 8.42 Å². The Hall–Kier alpha value is -1.39. The quantitative estimate of drug-likeness (QED) is 0.540. The number of amides is 1. The summed E-state index contributed by atoms with van der Waals surface area (Å²) in [4.78, 5) is 12.3. The molecule has 26 heavy (non-hydrogen) atoms. The van der Waals surface area contributed by atoms with Gasteiger partial charge >= 0.3 is 0 Å². The number of halogens is 1. The summed E-state index contributed by atoms with van der Waals surface area (Å²) < 4.78 is 31.6. The highest BCUT2D eigenvalue weighted by Gasteiger charge is 2.23. The first-order chi connectivity index (χ1) is 11.8. The largest absolute Gasteiger partial charge is 0.384 e. The molecule has 0 radical (unpaired) electrons. The van der Waals surface area contributed by atoms with Crippen molar-refractivity contribution in [3.63, 3.8) is 0 Å². The number of ether oxygens (including phenoxy) is 1. The van der Waals surface area contributed by atoms with Gasteiger partial charge in [-0.1, -0.05) is 13.8 Å². The van der Waals surface area contributed by atoms with Crippen LogP contribution in [0, 0.1) is 0 Å². The molecular weight excluding hydrogens is 380 g/mol. The molecule has 0 aliphatic rings. The number of benzene rings is 1. The lowest BCUT2D eigenvalue weighted by molar-refractivity contribution is -0.118. The lowest BCUT2D eigenvalue weighted by Gasteiger charge is -2.20. The molecule has 0 bridgehead atoms. The second-order valence-electron chi connectivity index (χ2n) is 5.38. The van der Waals surface area contributed by atoms with Crippen molar-refractivity contribution < 1.29 is 17.9 Å². The minimum atomic E-state index is -3.62. The van der Waals surface area contributed by atoms with Gasteiger partial charge in [-0.15, -0.1) is 12.4 Å². The van der Waals surface area contributed by atoms with Crippen molar-refractivity contribution in [1.82, 2.24) is 4.31 Å². The van der Waals surface area contributed by atoms with Crippen molar-refractivity contribution in [3.05, 3.63) is 18.2 Å². The van der Waals surface area contributed by atoms with E-state index < -0.39 is 22.0 Å². The molecule has 0 aliphatic heterocycles. The Kier molecular flexibility index (Phi) is 10.7. The van der Waals surface area contributed by atoms with Gasteiger partial charge in [-0.3, -0.25) is 4.79 Å². The Morgan fingerprint density at radius 3 is 2.35 bits per heavy atom. The predicted molar refractivity (Wildman–Crippen MR) is 106 cm³/mol. The molecule has 10 heteroatoms. The number of sulfonamides is 1. The Bertz CT molecular complexity index is 681. The third-order valence-electron chi connectivity index (χ3n) is 3.64. The van der Waals surface area contributed by atoms with E-state index in [1.807, 2.05) is 6.92 Å². The van der Waals surface area contributed by atoms with Gasteiger partial charge in [0.05, 0.1) is 22.9 Å². The van der Waals surface area contributed by atoms with Gasteiger partial charge in [-0.2, -0.15) is 4.31 Å². The van der Waals surface area contributed by atoms with E-state index >= 15 is 0 Å². The standard InChI is InChI=1S/C16H28N4O4S.ClH/c1-5-18-14-9-8-12(25(22,23)20(6-2)7-3)10-15(14)19-16(21)13(17)11-24-4;/h8-10,13,18H,5-7,11,17H2,1-4H3,(H,19,21);1H. The van der Waals surface area contributed by atoms with Crippen molar-refractivity contribution in [2.24, 2.45) is 5.73 Å². The number of hydrogen-bond donors (Lipinski definition) is 3. The molecule has 0 spiro atoms. The van der Waals surface area contributed by atoms with Crippen LogP contribution in [0.3, 0.4) is 0 Å². The molecule has 8 nitrogen and oxygen atoms in total. The Morgan fingerprint density at radius 1 is 1.23 bits per heavy atom. The van der Waals surface area contributed by atoms with Crippen LogP contribution in [0.4, 0.5) is 11.4 Å². The summed E-state index contributed by atoms with van der Waals surface area (Å²) in [5.74, 6) is -0.446. The molecule has 1 atom stereocenters. The highest BCUT2D eigenvalue weighted by molar-refractivity contribution is 7.89. The molecule has 0 fully saturated rings. The van der Waals surface area contributed by atoms with E-state index in [4.69, 9.17) is 10.5 Å². The minimum Gasteiger partial charge on any atom is -0.384 e. The summed E-state index contributed by atoms with van der Waals surface area (Å²) >= 11 is 0. The van der Waals surface area contributed by atoms with Crippen molar-refractivity contribution in [2.75, 3.05) is 44.0 Å². The summed E-state index contributed by atoms with van der Waals surface area (Å²) in [5, 5.41) is 5.77. The van der Waals surface area contributed by atoms with Gasteiger partial charge in [-0.05, 0) is 25.1 Å². The number of rotatable bonds is 10. The maximum atomic E-state index is 12.7. The molecule has 4 N–H and O–H groups in total. The van der Waals surface area contributed by atoms with Crippen molar-refractivity contribution in [2.45, 2.75) is 31.7 Å². The summed E-state index contributed by atoms with van der Waals surface area (Å²) in [6.45, 7) is 6.89. The minimum absolute atomic E-state index is 0. The zero-order valence-corrected chi connectivity index (χ0v) is 17.2. The van der Waals surface area contributed by atoms with E-state index in [1.54, 1.807) is 19.9 Å². The Morgan fingerprint density at radius 2 is 1.85 bits per heavy atom. The number of hydrogen-bond acceptors (Lipinski definition) is 6. The molecule has 0 aliphatic carbocycles. The van der Waals surface area contributed by atoms with E-state index in [0.717, 1.165) is 0 Å². The molecule has 1 unspecified atom stereocenters. The van der Waals surface area contributed by atoms with Crippen LogP contribution in [0.15, 0.2) is 23.1 Å². The second kappa shape index (κ2) is 11.3. The van der Waals surface area contributed by atoms with Gasteiger partial charge in [0.1, 0.15) is 6.04 Å². The first-order valence-electron chi connectivity index (χ1n) is 8.25.